The number of amides is 1. The molecule has 1 aromatic carbocycles. The number of likely N-dealkylation sites (tertiary alicyclic amines) is 1. The fourth-order valence-corrected chi connectivity index (χ4v) is 4.60. The van der Waals surface area contributed by atoms with Gasteiger partial charge in [0.2, 0.25) is 5.91 Å². The lowest BCUT2D eigenvalue weighted by Gasteiger charge is -2.43. The molecule has 2 saturated heterocycles. The van der Waals surface area contributed by atoms with Crippen LogP contribution in [0.3, 0.4) is 0 Å². The molecule has 1 N–H and O–H groups in total. The van der Waals surface area contributed by atoms with E-state index in [2.05, 4.69) is 46.4 Å². The van der Waals surface area contributed by atoms with E-state index in [-0.39, 0.29) is 18.1 Å². The lowest BCUT2D eigenvalue weighted by atomic mass is 9.90. The average molecular weight is 357 g/mol. The third kappa shape index (κ3) is 3.61. The molecule has 0 radical (unpaired) electrons. The van der Waals surface area contributed by atoms with Gasteiger partial charge in [0.1, 0.15) is 11.6 Å². The van der Waals surface area contributed by atoms with Crippen LogP contribution in [0.2, 0.25) is 0 Å². The molecule has 2 aliphatic rings. The second kappa shape index (κ2) is 6.86. The molecule has 0 bridgehead atoms. The summed E-state index contributed by atoms with van der Waals surface area (Å²) >= 11 is 1.78. The molecule has 1 aromatic heterocycles. The van der Waals surface area contributed by atoms with Crippen LogP contribution in [0, 0.1) is 6.92 Å². The number of morpholine rings is 1. The highest BCUT2D eigenvalue weighted by Crippen LogP contribution is 2.31. The van der Waals surface area contributed by atoms with Crippen LogP contribution in [-0.2, 0) is 16.1 Å². The summed E-state index contributed by atoms with van der Waals surface area (Å²) in [6, 6.07) is 8.39. The van der Waals surface area contributed by atoms with Crippen molar-refractivity contribution in [2.24, 2.45) is 0 Å². The minimum atomic E-state index is -0.148. The van der Waals surface area contributed by atoms with E-state index in [1.54, 1.807) is 11.3 Å². The number of aryl methyl sites for hydroxylation is 1. The Morgan fingerprint density at radius 1 is 1.32 bits per heavy atom. The number of thiazole rings is 1. The fraction of sp³-hybridized carbons (Fsp3) is 0.474. The summed E-state index contributed by atoms with van der Waals surface area (Å²) < 4.78 is 5.84. The molecule has 2 aliphatic heterocycles. The minimum absolute atomic E-state index is 0.00134. The van der Waals surface area contributed by atoms with Gasteiger partial charge in [0.05, 0.1) is 5.60 Å². The monoisotopic (exact) mass is 357 g/mol. The first-order valence-electron chi connectivity index (χ1n) is 8.77. The minimum Gasteiger partial charge on any atom is -0.363 e. The number of hydrogen-bond acceptors (Lipinski definition) is 5. The Morgan fingerprint density at radius 3 is 2.84 bits per heavy atom. The molecule has 0 atom stereocenters. The van der Waals surface area contributed by atoms with Crippen LogP contribution in [0.4, 0.5) is 0 Å². The van der Waals surface area contributed by atoms with E-state index in [9.17, 15) is 4.79 Å². The summed E-state index contributed by atoms with van der Waals surface area (Å²) in [6.45, 7) is 5.91. The van der Waals surface area contributed by atoms with Gasteiger partial charge in [-0.3, -0.25) is 9.69 Å². The van der Waals surface area contributed by atoms with Crippen molar-refractivity contribution in [1.82, 2.24) is 15.2 Å². The van der Waals surface area contributed by atoms with Crippen molar-refractivity contribution in [1.29, 1.82) is 0 Å². The quantitative estimate of drug-likeness (QED) is 0.917. The van der Waals surface area contributed by atoms with Gasteiger partial charge >= 0.3 is 0 Å². The van der Waals surface area contributed by atoms with Crippen LogP contribution >= 0.6 is 11.3 Å². The Morgan fingerprint density at radius 2 is 2.12 bits per heavy atom. The van der Waals surface area contributed by atoms with Gasteiger partial charge in [-0.2, -0.15) is 0 Å². The molecule has 2 aromatic rings. The van der Waals surface area contributed by atoms with Crippen LogP contribution in [0.1, 0.15) is 23.3 Å². The maximum Gasteiger partial charge on any atom is 0.246 e. The van der Waals surface area contributed by atoms with Crippen molar-refractivity contribution in [3.63, 3.8) is 0 Å². The maximum atomic E-state index is 11.3. The second-order valence-electron chi connectivity index (χ2n) is 6.97. The molecule has 4 rings (SSSR count). The summed E-state index contributed by atoms with van der Waals surface area (Å²) in [5.41, 5.74) is 2.34. The molecule has 0 unspecified atom stereocenters. The molecule has 2 fully saturated rings. The summed E-state index contributed by atoms with van der Waals surface area (Å²) in [4.78, 5) is 19.7. The van der Waals surface area contributed by atoms with Crippen molar-refractivity contribution in [3.05, 3.63) is 40.9 Å². The SMILES string of the molecule is Cc1ccccc1-c1ncc(CN2CCC3(CC2)CNC(=O)CO3)s1. The number of ether oxygens (including phenoxy) is 1. The van der Waals surface area contributed by atoms with Crippen molar-refractivity contribution < 1.29 is 9.53 Å². The lowest BCUT2D eigenvalue weighted by Crippen LogP contribution is -2.57. The predicted octanol–water partition coefficient (Wildman–Crippen LogP) is 2.60. The second-order valence-corrected chi connectivity index (χ2v) is 8.09. The first-order valence-corrected chi connectivity index (χ1v) is 9.59. The molecular weight excluding hydrogens is 334 g/mol. The van der Waals surface area contributed by atoms with E-state index in [0.717, 1.165) is 37.5 Å². The van der Waals surface area contributed by atoms with E-state index in [0.29, 0.717) is 6.54 Å². The summed E-state index contributed by atoms with van der Waals surface area (Å²) in [5.74, 6) is 0.00134. The highest BCUT2D eigenvalue weighted by atomic mass is 32.1. The van der Waals surface area contributed by atoms with Crippen LogP contribution in [-0.4, -0.2) is 47.6 Å². The molecule has 1 amide bonds. The molecule has 25 heavy (non-hydrogen) atoms. The first-order chi connectivity index (χ1) is 12.1. The molecule has 1 spiro atoms. The van der Waals surface area contributed by atoms with Crippen molar-refractivity contribution in [2.45, 2.75) is 31.9 Å². The van der Waals surface area contributed by atoms with E-state index < -0.39 is 0 Å². The number of hydrogen-bond donors (Lipinski definition) is 1. The standard InChI is InChI=1S/C19H23N3O2S/c1-14-4-2-3-5-16(14)18-20-10-15(25-18)11-22-8-6-19(7-9-22)13-21-17(23)12-24-19/h2-5,10H,6-9,11-13H2,1H3,(H,21,23). The number of carbonyl (C=O) groups excluding carboxylic acids is 1. The Labute approximate surface area is 152 Å². The van der Waals surface area contributed by atoms with Gasteiger partial charge in [-0.1, -0.05) is 24.3 Å². The van der Waals surface area contributed by atoms with Crippen LogP contribution in [0.15, 0.2) is 30.5 Å². The Bertz CT molecular complexity index is 754. The zero-order valence-corrected chi connectivity index (χ0v) is 15.3. The van der Waals surface area contributed by atoms with Gasteiger partial charge < -0.3 is 10.1 Å². The number of carbonyl (C=O) groups is 1. The van der Waals surface area contributed by atoms with Crippen LogP contribution < -0.4 is 5.32 Å². The van der Waals surface area contributed by atoms with Crippen molar-refractivity contribution >= 4 is 17.2 Å². The normalized spacial score (nSPS) is 20.6. The van der Waals surface area contributed by atoms with Gasteiger partial charge in [0, 0.05) is 42.8 Å². The average Bonchev–Trinajstić information content (AvgIpc) is 3.08. The van der Waals surface area contributed by atoms with E-state index in [4.69, 9.17) is 4.74 Å². The summed E-state index contributed by atoms with van der Waals surface area (Å²) in [5, 5.41) is 4.04. The number of nitrogens with one attached hydrogen (secondary N) is 1. The molecule has 0 saturated carbocycles. The fourth-order valence-electron chi connectivity index (χ4n) is 3.56. The van der Waals surface area contributed by atoms with Crippen molar-refractivity contribution in [3.8, 4) is 10.6 Å². The van der Waals surface area contributed by atoms with Gasteiger partial charge in [0.15, 0.2) is 0 Å². The highest BCUT2D eigenvalue weighted by molar-refractivity contribution is 7.15. The topological polar surface area (TPSA) is 54.5 Å². The van der Waals surface area contributed by atoms with Gasteiger partial charge in [-0.15, -0.1) is 11.3 Å². The van der Waals surface area contributed by atoms with Crippen LogP contribution in [0.25, 0.3) is 10.6 Å². The third-order valence-electron chi connectivity index (χ3n) is 5.19. The summed E-state index contributed by atoms with van der Waals surface area (Å²) in [6.07, 6.45) is 3.95. The Balaban J connectivity index is 1.36. The number of rotatable bonds is 3. The molecule has 5 nitrogen and oxygen atoms in total. The molecule has 3 heterocycles. The number of benzene rings is 1. The van der Waals surface area contributed by atoms with Gasteiger partial charge in [-0.05, 0) is 25.3 Å². The summed E-state index contributed by atoms with van der Waals surface area (Å²) in [7, 11) is 0. The number of piperidine rings is 1. The van der Waals surface area contributed by atoms with Gasteiger partial charge in [0.25, 0.3) is 0 Å². The first kappa shape index (κ1) is 16.7. The number of aromatic nitrogens is 1. The Hall–Kier alpha value is -1.76. The smallest absolute Gasteiger partial charge is 0.246 e. The predicted molar refractivity (Wildman–Crippen MR) is 98.5 cm³/mol. The lowest BCUT2D eigenvalue weighted by molar-refractivity contribution is -0.150. The van der Waals surface area contributed by atoms with E-state index in [1.807, 2.05) is 6.20 Å². The molecular formula is C19H23N3O2S. The highest BCUT2D eigenvalue weighted by Gasteiger charge is 2.38. The maximum absolute atomic E-state index is 11.3. The zero-order valence-electron chi connectivity index (χ0n) is 14.5. The number of nitrogens with zero attached hydrogens (tertiary/aromatic N) is 2. The Kier molecular flexibility index (Phi) is 4.58. The molecule has 6 heteroatoms. The van der Waals surface area contributed by atoms with Gasteiger partial charge in [-0.25, -0.2) is 4.98 Å². The third-order valence-corrected chi connectivity index (χ3v) is 6.21. The van der Waals surface area contributed by atoms with Crippen LogP contribution in [0.5, 0.6) is 0 Å². The van der Waals surface area contributed by atoms with E-state index >= 15 is 0 Å². The van der Waals surface area contributed by atoms with E-state index in [1.165, 1.54) is 16.0 Å². The van der Waals surface area contributed by atoms with Crippen molar-refractivity contribution in [2.75, 3.05) is 26.2 Å². The largest absolute Gasteiger partial charge is 0.363 e. The zero-order chi connectivity index (χ0) is 17.3. The molecule has 132 valence electrons. The molecule has 0 aliphatic carbocycles.